The van der Waals surface area contributed by atoms with Crippen molar-refractivity contribution in [3.8, 4) is 0 Å². The van der Waals surface area contributed by atoms with E-state index >= 15 is 0 Å². The van der Waals surface area contributed by atoms with Gasteiger partial charge in [0.1, 0.15) is 0 Å². The van der Waals surface area contributed by atoms with Gasteiger partial charge in [-0.25, -0.2) is 0 Å². The van der Waals surface area contributed by atoms with E-state index in [1.54, 1.807) is 0 Å². The highest BCUT2D eigenvalue weighted by Gasteiger charge is 2.54. The molecule has 2 aromatic carbocycles. The maximum Gasteiger partial charge on any atom is 0.255 e. The van der Waals surface area contributed by atoms with Gasteiger partial charge in [-0.2, -0.15) is 0 Å². The van der Waals surface area contributed by atoms with Gasteiger partial charge < -0.3 is 10.6 Å². The van der Waals surface area contributed by atoms with Crippen LogP contribution in [0.2, 0.25) is 0 Å². The molecule has 0 unspecified atom stereocenters. The summed E-state index contributed by atoms with van der Waals surface area (Å²) in [5.74, 6) is 2.46. The van der Waals surface area contributed by atoms with Crippen LogP contribution in [0.3, 0.4) is 0 Å². The van der Waals surface area contributed by atoms with Crippen LogP contribution < -0.4 is 10.6 Å². The summed E-state index contributed by atoms with van der Waals surface area (Å²) in [7, 11) is 0. The van der Waals surface area contributed by atoms with Crippen LogP contribution in [0.1, 0.15) is 66.9 Å². The second-order valence-electron chi connectivity index (χ2n) is 10.0. The van der Waals surface area contributed by atoms with Gasteiger partial charge in [0.15, 0.2) is 0 Å². The van der Waals surface area contributed by atoms with Gasteiger partial charge in [0.25, 0.3) is 5.91 Å². The molecule has 2 N–H and O–H groups in total. The molecule has 0 spiro atoms. The van der Waals surface area contributed by atoms with Crippen LogP contribution in [-0.2, 0) is 17.8 Å². The number of carbonyl (C=O) groups is 2. The summed E-state index contributed by atoms with van der Waals surface area (Å²) < 4.78 is 0. The van der Waals surface area contributed by atoms with E-state index in [-0.39, 0.29) is 17.2 Å². The molecule has 4 fully saturated rings. The van der Waals surface area contributed by atoms with Crippen molar-refractivity contribution in [3.63, 3.8) is 0 Å². The van der Waals surface area contributed by atoms with Crippen LogP contribution in [0, 0.1) is 23.2 Å². The minimum absolute atomic E-state index is 0.106. The molecule has 4 aliphatic rings. The predicted molar refractivity (Wildman–Crippen MR) is 123 cm³/mol. The molecule has 4 bridgehead atoms. The molecule has 0 saturated heterocycles. The molecule has 4 heteroatoms. The van der Waals surface area contributed by atoms with Gasteiger partial charge in [-0.1, -0.05) is 37.3 Å². The number of para-hydroxylation sites is 1. The fraction of sp³-hybridized carbons (Fsp3) is 0.481. The Bertz CT molecular complexity index is 944. The fourth-order valence-electron chi connectivity index (χ4n) is 6.68. The Kier molecular flexibility index (Phi) is 5.33. The number of carbonyl (C=O) groups excluding carboxylic acids is 2. The quantitative estimate of drug-likeness (QED) is 0.668. The first-order valence-electron chi connectivity index (χ1n) is 11.8. The van der Waals surface area contributed by atoms with Crippen molar-refractivity contribution in [1.82, 2.24) is 5.32 Å². The Balaban J connectivity index is 1.19. The van der Waals surface area contributed by atoms with Gasteiger partial charge in [0, 0.05) is 23.2 Å². The van der Waals surface area contributed by atoms with Crippen molar-refractivity contribution in [1.29, 1.82) is 0 Å². The Morgan fingerprint density at radius 2 is 1.52 bits per heavy atom. The van der Waals surface area contributed by atoms with E-state index in [2.05, 4.69) is 17.6 Å². The maximum atomic E-state index is 13.1. The summed E-state index contributed by atoms with van der Waals surface area (Å²) >= 11 is 0. The van der Waals surface area contributed by atoms with E-state index in [0.717, 1.165) is 60.3 Å². The molecule has 0 atom stereocenters. The molecular weight excluding hydrogens is 384 g/mol. The third kappa shape index (κ3) is 4.00. The first kappa shape index (κ1) is 20.3. The lowest BCUT2D eigenvalue weighted by molar-refractivity contribution is -0.146. The number of rotatable bonds is 6. The smallest absolute Gasteiger partial charge is 0.255 e. The molecule has 2 amide bonds. The summed E-state index contributed by atoms with van der Waals surface area (Å²) in [4.78, 5) is 25.8. The largest absolute Gasteiger partial charge is 0.352 e. The van der Waals surface area contributed by atoms with Crippen molar-refractivity contribution < 1.29 is 9.59 Å². The van der Waals surface area contributed by atoms with Crippen molar-refractivity contribution >= 4 is 17.5 Å². The summed E-state index contributed by atoms with van der Waals surface area (Å²) in [5.41, 5.74) is 3.54. The van der Waals surface area contributed by atoms with Crippen LogP contribution >= 0.6 is 0 Å². The minimum Gasteiger partial charge on any atom is -0.352 e. The Morgan fingerprint density at radius 1 is 0.903 bits per heavy atom. The predicted octanol–water partition coefficient (Wildman–Crippen LogP) is 5.33. The minimum atomic E-state index is -0.110. The van der Waals surface area contributed by atoms with Crippen molar-refractivity contribution in [2.45, 2.75) is 58.4 Å². The van der Waals surface area contributed by atoms with Crippen molar-refractivity contribution in [2.75, 3.05) is 5.32 Å². The zero-order valence-corrected chi connectivity index (χ0v) is 18.3. The SMILES string of the molecule is CCc1ccccc1NC(=O)c1ccc(CNC(=O)C23CC4CC(CC(C4)C2)C3)cc1. The van der Waals surface area contributed by atoms with E-state index in [4.69, 9.17) is 0 Å². The third-order valence-corrected chi connectivity index (χ3v) is 7.84. The van der Waals surface area contributed by atoms with Crippen LogP contribution in [0.25, 0.3) is 0 Å². The molecule has 162 valence electrons. The third-order valence-electron chi connectivity index (χ3n) is 7.84. The number of nitrogens with one attached hydrogen (secondary N) is 2. The summed E-state index contributed by atoms with van der Waals surface area (Å²) in [6.07, 6.45) is 8.17. The van der Waals surface area contributed by atoms with Gasteiger partial charge in [0.2, 0.25) is 5.91 Å². The number of amides is 2. The lowest BCUT2D eigenvalue weighted by Gasteiger charge is -2.55. The molecule has 0 heterocycles. The topological polar surface area (TPSA) is 58.2 Å². The normalized spacial score (nSPS) is 28.4. The van der Waals surface area contributed by atoms with Crippen LogP contribution in [-0.4, -0.2) is 11.8 Å². The monoisotopic (exact) mass is 416 g/mol. The van der Waals surface area contributed by atoms with E-state index in [1.807, 2.05) is 48.5 Å². The maximum absolute atomic E-state index is 13.1. The lowest BCUT2D eigenvalue weighted by Crippen LogP contribution is -2.53. The molecule has 4 nitrogen and oxygen atoms in total. The first-order chi connectivity index (χ1) is 15.0. The summed E-state index contributed by atoms with van der Waals surface area (Å²) in [6, 6.07) is 15.5. The molecular formula is C27H32N2O2. The highest BCUT2D eigenvalue weighted by molar-refractivity contribution is 6.04. The second-order valence-corrected chi connectivity index (χ2v) is 10.0. The Morgan fingerprint density at radius 3 is 2.13 bits per heavy atom. The molecule has 4 saturated carbocycles. The lowest BCUT2D eigenvalue weighted by atomic mass is 9.49. The average molecular weight is 417 g/mol. The average Bonchev–Trinajstić information content (AvgIpc) is 2.77. The van der Waals surface area contributed by atoms with E-state index in [0.29, 0.717) is 12.1 Å². The summed E-state index contributed by atoms with van der Waals surface area (Å²) in [5, 5.41) is 6.23. The van der Waals surface area contributed by atoms with Crippen molar-refractivity contribution in [3.05, 3.63) is 65.2 Å². The molecule has 0 aromatic heterocycles. The van der Waals surface area contributed by atoms with Crippen LogP contribution in [0.15, 0.2) is 48.5 Å². The number of benzene rings is 2. The van der Waals surface area contributed by atoms with E-state index in [9.17, 15) is 9.59 Å². The zero-order valence-electron chi connectivity index (χ0n) is 18.3. The molecule has 31 heavy (non-hydrogen) atoms. The summed E-state index contributed by atoms with van der Waals surface area (Å²) in [6.45, 7) is 2.61. The van der Waals surface area contributed by atoms with Crippen LogP contribution in [0.5, 0.6) is 0 Å². The van der Waals surface area contributed by atoms with Gasteiger partial charge in [-0.3, -0.25) is 9.59 Å². The molecule has 4 aliphatic carbocycles. The second kappa shape index (κ2) is 8.14. The van der Waals surface area contributed by atoms with E-state index < -0.39 is 0 Å². The Labute approximate surface area is 184 Å². The van der Waals surface area contributed by atoms with Crippen molar-refractivity contribution in [2.24, 2.45) is 23.2 Å². The molecule has 2 aromatic rings. The number of hydrogen-bond acceptors (Lipinski definition) is 2. The van der Waals surface area contributed by atoms with E-state index in [1.165, 1.54) is 19.3 Å². The standard InChI is InChI=1S/C27H32N2O2/c1-2-22-5-3-4-6-24(22)29-25(30)23-9-7-18(8-10-23)17-28-26(31)27-14-19-11-20(15-27)13-21(12-19)16-27/h3-10,19-21H,2,11-17H2,1H3,(H,28,31)(H,29,30). The van der Waals surface area contributed by atoms with Gasteiger partial charge in [0.05, 0.1) is 0 Å². The molecule has 6 rings (SSSR count). The number of aryl methyl sites for hydroxylation is 1. The van der Waals surface area contributed by atoms with Gasteiger partial charge in [-0.15, -0.1) is 0 Å². The highest BCUT2D eigenvalue weighted by atomic mass is 16.2. The number of anilines is 1. The fourth-order valence-corrected chi connectivity index (χ4v) is 6.68. The zero-order chi connectivity index (χ0) is 21.4. The van der Waals surface area contributed by atoms with Crippen LogP contribution in [0.4, 0.5) is 5.69 Å². The first-order valence-corrected chi connectivity index (χ1v) is 11.8. The van der Waals surface area contributed by atoms with Gasteiger partial charge in [-0.05, 0) is 92.0 Å². The highest BCUT2D eigenvalue weighted by Crippen LogP contribution is 2.60. The Hall–Kier alpha value is -2.62. The number of hydrogen-bond donors (Lipinski definition) is 2. The van der Waals surface area contributed by atoms with Gasteiger partial charge >= 0.3 is 0 Å². The molecule has 0 aliphatic heterocycles. The molecule has 0 radical (unpaired) electrons.